The lowest BCUT2D eigenvalue weighted by Gasteiger charge is -2.31. The lowest BCUT2D eigenvalue weighted by molar-refractivity contribution is -0.130. The molecule has 0 fully saturated rings. The van der Waals surface area contributed by atoms with Crippen LogP contribution in [0.15, 0.2) is 12.1 Å². The van der Waals surface area contributed by atoms with Crippen molar-refractivity contribution in [3.63, 3.8) is 0 Å². The number of hydrogen-bond acceptors (Lipinski definition) is 3. The van der Waals surface area contributed by atoms with Gasteiger partial charge in [-0.25, -0.2) is 8.78 Å². The molecule has 0 saturated carbocycles. The third-order valence-corrected chi connectivity index (χ3v) is 3.63. The fourth-order valence-electron chi connectivity index (χ4n) is 2.25. The Hall–Kier alpha value is -2.18. The lowest BCUT2D eigenvalue weighted by atomic mass is 10.1. The lowest BCUT2D eigenvalue weighted by Crippen LogP contribution is -2.46. The summed E-state index contributed by atoms with van der Waals surface area (Å²) in [6.45, 7) is 2.38. The van der Waals surface area contributed by atoms with Crippen molar-refractivity contribution in [3.05, 3.63) is 23.8 Å². The molecular weight excluding hydrogens is 292 g/mol. The maximum Gasteiger partial charge on any atom is 0.246 e. The first-order valence-electron chi connectivity index (χ1n) is 7.21. The van der Waals surface area contributed by atoms with Crippen molar-refractivity contribution in [2.75, 3.05) is 36.9 Å². The second-order valence-corrected chi connectivity index (χ2v) is 5.29. The summed E-state index contributed by atoms with van der Waals surface area (Å²) in [5, 5.41) is 2.72. The predicted molar refractivity (Wildman–Crippen MR) is 79.7 cm³/mol. The minimum atomic E-state index is -1.05. The molecule has 0 saturated heterocycles. The van der Waals surface area contributed by atoms with Gasteiger partial charge in [-0.2, -0.15) is 0 Å². The summed E-state index contributed by atoms with van der Waals surface area (Å²) >= 11 is 0. The molecule has 2 rings (SSSR count). The van der Waals surface area contributed by atoms with E-state index in [-0.39, 0.29) is 30.6 Å². The van der Waals surface area contributed by atoms with Crippen LogP contribution in [-0.4, -0.2) is 43.4 Å². The summed E-state index contributed by atoms with van der Waals surface area (Å²) in [5.41, 5.74) is 0.495. The van der Waals surface area contributed by atoms with Gasteiger partial charge in [0.15, 0.2) is 11.6 Å². The van der Waals surface area contributed by atoms with E-state index in [9.17, 15) is 18.4 Å². The second kappa shape index (κ2) is 6.72. The molecule has 1 aliphatic heterocycles. The Labute approximate surface area is 127 Å². The third kappa shape index (κ3) is 3.35. The molecular formula is C15H19F2N3O2. The van der Waals surface area contributed by atoms with Crippen LogP contribution in [0.1, 0.15) is 19.8 Å². The number of amides is 2. The maximum atomic E-state index is 13.4. The molecule has 2 amide bonds. The van der Waals surface area contributed by atoms with E-state index in [4.69, 9.17) is 0 Å². The number of anilines is 2. The molecule has 22 heavy (non-hydrogen) atoms. The summed E-state index contributed by atoms with van der Waals surface area (Å²) in [5.74, 6) is -2.63. The van der Waals surface area contributed by atoms with E-state index >= 15 is 0 Å². The Kier molecular flexibility index (Phi) is 4.95. The summed E-state index contributed by atoms with van der Waals surface area (Å²) < 4.78 is 26.7. The Bertz CT molecular complexity index is 592. The number of halogens is 2. The van der Waals surface area contributed by atoms with Gasteiger partial charge >= 0.3 is 0 Å². The van der Waals surface area contributed by atoms with Crippen molar-refractivity contribution in [1.82, 2.24) is 4.90 Å². The summed E-state index contributed by atoms with van der Waals surface area (Å²) in [6, 6.07) is 1.93. The maximum absolute atomic E-state index is 13.4. The minimum Gasteiger partial charge on any atom is -0.374 e. The smallest absolute Gasteiger partial charge is 0.246 e. The highest BCUT2D eigenvalue weighted by atomic mass is 19.2. The number of likely N-dealkylation sites (N-methyl/N-ethyl adjacent to an activating group) is 1. The van der Waals surface area contributed by atoms with E-state index in [1.807, 2.05) is 6.92 Å². The third-order valence-electron chi connectivity index (χ3n) is 3.63. The second-order valence-electron chi connectivity index (χ2n) is 5.29. The van der Waals surface area contributed by atoms with Crippen LogP contribution in [0.3, 0.4) is 0 Å². The zero-order chi connectivity index (χ0) is 16.3. The van der Waals surface area contributed by atoms with Crippen molar-refractivity contribution in [2.45, 2.75) is 19.8 Å². The van der Waals surface area contributed by atoms with E-state index in [2.05, 4.69) is 5.32 Å². The van der Waals surface area contributed by atoms with Crippen LogP contribution in [-0.2, 0) is 9.59 Å². The van der Waals surface area contributed by atoms with Crippen LogP contribution < -0.4 is 10.2 Å². The van der Waals surface area contributed by atoms with Crippen LogP contribution in [0.2, 0.25) is 0 Å². The van der Waals surface area contributed by atoms with Crippen molar-refractivity contribution in [3.8, 4) is 0 Å². The van der Waals surface area contributed by atoms with Crippen molar-refractivity contribution >= 4 is 23.2 Å². The van der Waals surface area contributed by atoms with Gasteiger partial charge in [0.25, 0.3) is 0 Å². The largest absolute Gasteiger partial charge is 0.374 e. The van der Waals surface area contributed by atoms with Gasteiger partial charge in [0.2, 0.25) is 11.8 Å². The van der Waals surface area contributed by atoms with Gasteiger partial charge in [0.05, 0.1) is 17.9 Å². The molecule has 1 aliphatic rings. The average molecular weight is 311 g/mol. The van der Waals surface area contributed by atoms with Crippen molar-refractivity contribution in [1.29, 1.82) is 0 Å². The highest BCUT2D eigenvalue weighted by Crippen LogP contribution is 2.31. The molecule has 0 unspecified atom stereocenters. The topological polar surface area (TPSA) is 52.7 Å². The standard InChI is InChI=1S/C15H19F2N3O2/c1-3-4-5-19(2)15(22)9-20-13-7-11(17)10(16)6-12(13)18-8-14(20)21/h6-7,18H,3-5,8-9H2,1-2H3. The molecule has 0 aliphatic carbocycles. The van der Waals surface area contributed by atoms with Gasteiger partial charge in [-0.15, -0.1) is 0 Å². The van der Waals surface area contributed by atoms with E-state index in [1.54, 1.807) is 11.9 Å². The molecule has 0 atom stereocenters. The summed E-state index contributed by atoms with van der Waals surface area (Å²) in [7, 11) is 1.66. The van der Waals surface area contributed by atoms with Crippen LogP contribution in [0.5, 0.6) is 0 Å². The first kappa shape index (κ1) is 16.2. The molecule has 5 nitrogen and oxygen atoms in total. The highest BCUT2D eigenvalue weighted by molar-refractivity contribution is 6.05. The molecule has 0 aromatic heterocycles. The first-order chi connectivity index (χ1) is 10.4. The van der Waals surface area contributed by atoms with Gasteiger partial charge in [-0.05, 0) is 6.42 Å². The fraction of sp³-hybridized carbons (Fsp3) is 0.467. The first-order valence-corrected chi connectivity index (χ1v) is 7.21. The van der Waals surface area contributed by atoms with Crippen molar-refractivity contribution in [2.24, 2.45) is 0 Å². The number of hydrogen-bond donors (Lipinski definition) is 1. The Morgan fingerprint density at radius 1 is 1.36 bits per heavy atom. The van der Waals surface area contributed by atoms with Crippen LogP contribution in [0, 0.1) is 11.6 Å². The molecule has 7 heteroatoms. The number of unbranched alkanes of at least 4 members (excludes halogenated alkanes) is 1. The van der Waals surface area contributed by atoms with Gasteiger partial charge < -0.3 is 10.2 Å². The number of benzene rings is 1. The molecule has 1 N–H and O–H groups in total. The van der Waals surface area contributed by atoms with Crippen LogP contribution >= 0.6 is 0 Å². The molecule has 1 aromatic rings. The Balaban J connectivity index is 2.19. The number of rotatable bonds is 5. The average Bonchev–Trinajstić information content (AvgIpc) is 2.49. The molecule has 120 valence electrons. The predicted octanol–water partition coefficient (Wildman–Crippen LogP) is 1.98. The molecule has 1 heterocycles. The minimum absolute atomic E-state index is 0.0516. The fourth-order valence-corrected chi connectivity index (χ4v) is 2.25. The summed E-state index contributed by atoms with van der Waals surface area (Å²) in [6.07, 6.45) is 1.83. The van der Waals surface area contributed by atoms with Crippen LogP contribution in [0.25, 0.3) is 0 Å². The Morgan fingerprint density at radius 2 is 2.05 bits per heavy atom. The van der Waals surface area contributed by atoms with Crippen molar-refractivity contribution < 1.29 is 18.4 Å². The molecule has 0 radical (unpaired) electrons. The number of nitrogens with zero attached hydrogens (tertiary/aromatic N) is 2. The van der Waals surface area contributed by atoms with Gasteiger partial charge in [-0.1, -0.05) is 13.3 Å². The monoisotopic (exact) mass is 311 g/mol. The van der Waals surface area contributed by atoms with Crippen LogP contribution in [0.4, 0.5) is 20.2 Å². The number of carbonyl (C=O) groups is 2. The summed E-state index contributed by atoms with van der Waals surface area (Å²) in [4.78, 5) is 26.9. The Morgan fingerprint density at radius 3 is 2.73 bits per heavy atom. The quantitative estimate of drug-likeness (QED) is 0.905. The number of nitrogens with one attached hydrogen (secondary N) is 1. The highest BCUT2D eigenvalue weighted by Gasteiger charge is 2.28. The van der Waals surface area contributed by atoms with Gasteiger partial charge in [-0.3, -0.25) is 14.5 Å². The SMILES string of the molecule is CCCCN(C)C(=O)CN1C(=O)CNc2cc(F)c(F)cc21. The number of carbonyl (C=O) groups excluding carboxylic acids is 2. The zero-order valence-electron chi connectivity index (χ0n) is 12.7. The molecule has 1 aromatic carbocycles. The molecule has 0 spiro atoms. The number of fused-ring (bicyclic) bond motifs is 1. The van der Waals surface area contributed by atoms with Gasteiger partial charge in [0, 0.05) is 25.7 Å². The van der Waals surface area contributed by atoms with E-state index < -0.39 is 11.6 Å². The van der Waals surface area contributed by atoms with E-state index in [1.165, 1.54) is 4.90 Å². The van der Waals surface area contributed by atoms with Gasteiger partial charge in [0.1, 0.15) is 6.54 Å². The zero-order valence-corrected chi connectivity index (χ0v) is 12.7. The normalized spacial score (nSPS) is 13.6. The van der Waals surface area contributed by atoms with E-state index in [0.29, 0.717) is 12.2 Å². The van der Waals surface area contributed by atoms with E-state index in [0.717, 1.165) is 25.0 Å². The molecule has 0 bridgehead atoms.